The number of nitrogens with one attached hydrogen (secondary N) is 1. The summed E-state index contributed by atoms with van der Waals surface area (Å²) < 4.78 is 0. The third-order valence-corrected chi connectivity index (χ3v) is 3.42. The first kappa shape index (κ1) is 14.8. The summed E-state index contributed by atoms with van der Waals surface area (Å²) in [5.41, 5.74) is 3.65. The fourth-order valence-corrected chi connectivity index (χ4v) is 2.48. The predicted molar refractivity (Wildman–Crippen MR) is 83.7 cm³/mol. The van der Waals surface area contributed by atoms with Crippen LogP contribution in [0.3, 0.4) is 0 Å². The number of nitrogens with two attached hydrogens (primary N) is 1. The van der Waals surface area contributed by atoms with E-state index in [1.165, 1.54) is 0 Å². The van der Waals surface area contributed by atoms with Crippen LogP contribution in [0.5, 0.6) is 0 Å². The molecule has 2 rings (SSSR count). The smallest absolute Gasteiger partial charge is 0.213 e. The molecule has 1 saturated heterocycles. The summed E-state index contributed by atoms with van der Waals surface area (Å²) in [5, 5.41) is 0. The van der Waals surface area contributed by atoms with Crippen LogP contribution in [-0.4, -0.2) is 48.5 Å². The van der Waals surface area contributed by atoms with Crippen LogP contribution in [0.25, 0.3) is 0 Å². The van der Waals surface area contributed by atoms with Gasteiger partial charge in [-0.2, -0.15) is 0 Å². The molecule has 110 valence electrons. The van der Waals surface area contributed by atoms with Crippen molar-refractivity contribution in [1.29, 1.82) is 0 Å². The Bertz CT molecular complexity index is 421. The Kier molecular flexibility index (Phi) is 5.38. The van der Waals surface area contributed by atoms with Crippen LogP contribution < -0.4 is 11.3 Å². The lowest BCUT2D eigenvalue weighted by Gasteiger charge is -2.36. The van der Waals surface area contributed by atoms with Crippen LogP contribution in [0.2, 0.25) is 0 Å². The zero-order valence-electron chi connectivity index (χ0n) is 12.4. The molecule has 0 atom stereocenters. The van der Waals surface area contributed by atoms with E-state index in [2.05, 4.69) is 34.1 Å². The fraction of sp³-hybridized carbons (Fsp3) is 0.533. The summed E-state index contributed by atoms with van der Waals surface area (Å²) in [7, 11) is 0. The monoisotopic (exact) mass is 275 g/mol. The van der Waals surface area contributed by atoms with Gasteiger partial charge < -0.3 is 4.90 Å². The molecule has 0 unspecified atom stereocenters. The standard InChI is InChI=1S/C15H25N5/c1-13(2)12-19-8-10-20(11-9-19)15(18-16)17-14-6-4-3-5-7-14/h3-7,13H,8-12,16H2,1-2H3,(H,17,18). The molecule has 1 aromatic rings. The number of benzene rings is 1. The molecule has 0 saturated carbocycles. The highest BCUT2D eigenvalue weighted by molar-refractivity contribution is 5.82. The Morgan fingerprint density at radius 3 is 2.40 bits per heavy atom. The topological polar surface area (TPSA) is 56.9 Å². The second kappa shape index (κ2) is 7.26. The average molecular weight is 275 g/mol. The van der Waals surface area contributed by atoms with Crippen molar-refractivity contribution in [2.75, 3.05) is 32.7 Å². The normalized spacial score (nSPS) is 17.6. The van der Waals surface area contributed by atoms with E-state index in [9.17, 15) is 0 Å². The predicted octanol–water partition coefficient (Wildman–Crippen LogP) is 1.41. The zero-order chi connectivity index (χ0) is 14.4. The Hall–Kier alpha value is -1.59. The highest BCUT2D eigenvalue weighted by Crippen LogP contribution is 2.12. The number of guanidine groups is 1. The van der Waals surface area contributed by atoms with Gasteiger partial charge in [-0.1, -0.05) is 32.0 Å². The van der Waals surface area contributed by atoms with E-state index in [1.54, 1.807) is 0 Å². The van der Waals surface area contributed by atoms with Gasteiger partial charge in [-0.25, -0.2) is 10.8 Å². The Balaban J connectivity index is 1.95. The summed E-state index contributed by atoms with van der Waals surface area (Å²) >= 11 is 0. The molecule has 0 aromatic heterocycles. The largest absolute Gasteiger partial charge is 0.339 e. The van der Waals surface area contributed by atoms with E-state index in [0.717, 1.165) is 44.4 Å². The van der Waals surface area contributed by atoms with Gasteiger partial charge in [0.15, 0.2) is 0 Å². The van der Waals surface area contributed by atoms with Gasteiger partial charge in [-0.15, -0.1) is 0 Å². The van der Waals surface area contributed by atoms with Crippen molar-refractivity contribution in [2.24, 2.45) is 16.8 Å². The van der Waals surface area contributed by atoms with Gasteiger partial charge in [-0.05, 0) is 18.1 Å². The van der Waals surface area contributed by atoms with Crippen LogP contribution in [0.1, 0.15) is 13.8 Å². The first-order valence-corrected chi connectivity index (χ1v) is 7.26. The lowest BCUT2D eigenvalue weighted by molar-refractivity contribution is 0.164. The molecule has 0 bridgehead atoms. The van der Waals surface area contributed by atoms with E-state index in [4.69, 9.17) is 5.84 Å². The molecular formula is C15H25N5. The van der Waals surface area contributed by atoms with Crippen molar-refractivity contribution in [2.45, 2.75) is 13.8 Å². The third kappa shape index (κ3) is 4.21. The minimum Gasteiger partial charge on any atom is -0.339 e. The zero-order valence-corrected chi connectivity index (χ0v) is 12.4. The highest BCUT2D eigenvalue weighted by atomic mass is 15.4. The Morgan fingerprint density at radius 2 is 1.85 bits per heavy atom. The van der Waals surface area contributed by atoms with E-state index in [-0.39, 0.29) is 0 Å². The quantitative estimate of drug-likeness (QED) is 0.379. The molecule has 5 nitrogen and oxygen atoms in total. The van der Waals surface area contributed by atoms with Crippen LogP contribution in [0.15, 0.2) is 35.3 Å². The number of hydrogen-bond donors (Lipinski definition) is 2. The van der Waals surface area contributed by atoms with Gasteiger partial charge in [-0.3, -0.25) is 10.3 Å². The maximum absolute atomic E-state index is 5.63. The number of aliphatic imine (C=N–C) groups is 1. The molecule has 0 amide bonds. The minimum absolute atomic E-state index is 0.714. The second-order valence-electron chi connectivity index (χ2n) is 5.60. The van der Waals surface area contributed by atoms with E-state index >= 15 is 0 Å². The molecule has 0 radical (unpaired) electrons. The van der Waals surface area contributed by atoms with Gasteiger partial charge in [0.2, 0.25) is 5.96 Å². The fourth-order valence-electron chi connectivity index (χ4n) is 2.48. The van der Waals surface area contributed by atoms with E-state index < -0.39 is 0 Å². The number of rotatable bonds is 3. The maximum atomic E-state index is 5.63. The van der Waals surface area contributed by atoms with Crippen molar-refractivity contribution in [3.05, 3.63) is 30.3 Å². The number of nitrogens with zero attached hydrogens (tertiary/aromatic N) is 3. The van der Waals surface area contributed by atoms with Gasteiger partial charge in [0, 0.05) is 32.7 Å². The SMILES string of the molecule is CC(C)CN1CCN(C(=Nc2ccccc2)NN)CC1. The first-order valence-electron chi connectivity index (χ1n) is 7.26. The molecule has 1 aliphatic rings. The summed E-state index contributed by atoms with van der Waals surface area (Å²) in [6.45, 7) is 9.73. The Morgan fingerprint density at radius 1 is 1.20 bits per heavy atom. The third-order valence-electron chi connectivity index (χ3n) is 3.42. The van der Waals surface area contributed by atoms with E-state index in [1.807, 2.05) is 30.3 Å². The molecule has 20 heavy (non-hydrogen) atoms. The van der Waals surface area contributed by atoms with Crippen LogP contribution in [0, 0.1) is 5.92 Å². The molecule has 3 N–H and O–H groups in total. The summed E-state index contributed by atoms with van der Waals surface area (Å²) in [6, 6.07) is 9.90. The second-order valence-corrected chi connectivity index (χ2v) is 5.60. The molecule has 1 aromatic carbocycles. The number of para-hydroxylation sites is 1. The van der Waals surface area contributed by atoms with Gasteiger partial charge in [0.05, 0.1) is 5.69 Å². The van der Waals surface area contributed by atoms with Crippen molar-refractivity contribution in [3.63, 3.8) is 0 Å². The molecular weight excluding hydrogens is 250 g/mol. The molecule has 5 heteroatoms. The molecule has 0 aliphatic carbocycles. The van der Waals surface area contributed by atoms with Gasteiger partial charge >= 0.3 is 0 Å². The molecule has 1 heterocycles. The van der Waals surface area contributed by atoms with Crippen molar-refractivity contribution >= 4 is 11.6 Å². The first-order chi connectivity index (χ1) is 9.69. The summed E-state index contributed by atoms with van der Waals surface area (Å²) in [6.07, 6.45) is 0. The number of hydrogen-bond acceptors (Lipinski definition) is 3. The Labute approximate surface area is 121 Å². The number of hydrazine groups is 1. The minimum atomic E-state index is 0.714. The molecule has 0 spiro atoms. The van der Waals surface area contributed by atoms with Gasteiger partial charge in [0.1, 0.15) is 0 Å². The maximum Gasteiger partial charge on any atom is 0.213 e. The van der Waals surface area contributed by atoms with Crippen molar-refractivity contribution in [3.8, 4) is 0 Å². The molecule has 1 aliphatic heterocycles. The summed E-state index contributed by atoms with van der Waals surface area (Å²) in [4.78, 5) is 9.28. The lowest BCUT2D eigenvalue weighted by atomic mass is 10.2. The summed E-state index contributed by atoms with van der Waals surface area (Å²) in [5.74, 6) is 7.10. The van der Waals surface area contributed by atoms with Crippen LogP contribution >= 0.6 is 0 Å². The van der Waals surface area contributed by atoms with Crippen LogP contribution in [-0.2, 0) is 0 Å². The average Bonchev–Trinajstić information content (AvgIpc) is 2.46. The van der Waals surface area contributed by atoms with Crippen molar-refractivity contribution < 1.29 is 0 Å². The van der Waals surface area contributed by atoms with Crippen LogP contribution in [0.4, 0.5) is 5.69 Å². The molecule has 1 fully saturated rings. The van der Waals surface area contributed by atoms with E-state index in [0.29, 0.717) is 5.92 Å². The lowest BCUT2D eigenvalue weighted by Crippen LogP contribution is -2.54. The van der Waals surface area contributed by atoms with Crippen molar-refractivity contribution in [1.82, 2.24) is 15.2 Å². The van der Waals surface area contributed by atoms with Gasteiger partial charge in [0.25, 0.3) is 0 Å². The number of piperazine rings is 1. The highest BCUT2D eigenvalue weighted by Gasteiger charge is 2.19.